The SMILES string of the molecule is Cc1cccc(C(=O)NCCCc2oc(C(C)(C)C)nc2C)c1. The maximum Gasteiger partial charge on any atom is 0.251 e. The molecule has 0 saturated heterocycles. The second-order valence-corrected chi connectivity index (χ2v) is 7.01. The van der Waals surface area contributed by atoms with Crippen LogP contribution in [-0.2, 0) is 11.8 Å². The quantitative estimate of drug-likeness (QED) is 0.850. The molecule has 4 heteroatoms. The third-order valence-electron chi connectivity index (χ3n) is 3.68. The van der Waals surface area contributed by atoms with E-state index in [1.54, 1.807) is 0 Å². The van der Waals surface area contributed by atoms with Crippen molar-refractivity contribution >= 4 is 5.91 Å². The maximum atomic E-state index is 12.1. The number of benzene rings is 1. The molecule has 124 valence electrons. The summed E-state index contributed by atoms with van der Waals surface area (Å²) in [6.07, 6.45) is 1.61. The van der Waals surface area contributed by atoms with Crippen molar-refractivity contribution in [3.63, 3.8) is 0 Å². The molecule has 0 atom stereocenters. The van der Waals surface area contributed by atoms with Crippen molar-refractivity contribution in [2.24, 2.45) is 0 Å². The highest BCUT2D eigenvalue weighted by atomic mass is 16.4. The van der Waals surface area contributed by atoms with Crippen LogP contribution in [0, 0.1) is 13.8 Å². The van der Waals surface area contributed by atoms with Gasteiger partial charge >= 0.3 is 0 Å². The molecule has 0 fully saturated rings. The van der Waals surface area contributed by atoms with Crippen LogP contribution in [0.3, 0.4) is 0 Å². The zero-order valence-electron chi connectivity index (χ0n) is 14.7. The van der Waals surface area contributed by atoms with Gasteiger partial charge in [0, 0.05) is 23.9 Å². The third-order valence-corrected chi connectivity index (χ3v) is 3.68. The number of amides is 1. The second-order valence-electron chi connectivity index (χ2n) is 7.01. The standard InChI is InChI=1S/C19H26N2O2/c1-13-8-6-9-15(12-13)17(22)20-11-7-10-16-14(2)21-18(23-16)19(3,4)5/h6,8-9,12H,7,10-11H2,1-5H3,(H,20,22). The van der Waals surface area contributed by atoms with Crippen molar-refractivity contribution in [1.29, 1.82) is 0 Å². The number of nitrogens with zero attached hydrogens (tertiary/aromatic N) is 1. The van der Waals surface area contributed by atoms with E-state index in [0.29, 0.717) is 12.1 Å². The van der Waals surface area contributed by atoms with Crippen molar-refractivity contribution in [3.05, 3.63) is 52.7 Å². The van der Waals surface area contributed by atoms with E-state index in [4.69, 9.17) is 4.42 Å². The minimum absolute atomic E-state index is 0.0293. The average Bonchev–Trinajstić information content (AvgIpc) is 2.85. The average molecular weight is 314 g/mol. The van der Waals surface area contributed by atoms with E-state index in [1.807, 2.05) is 38.1 Å². The summed E-state index contributed by atoms with van der Waals surface area (Å²) < 4.78 is 5.86. The molecule has 0 saturated carbocycles. The fourth-order valence-corrected chi connectivity index (χ4v) is 2.32. The lowest BCUT2D eigenvalue weighted by atomic mass is 9.97. The van der Waals surface area contributed by atoms with E-state index in [9.17, 15) is 4.79 Å². The van der Waals surface area contributed by atoms with E-state index in [2.05, 4.69) is 31.1 Å². The molecule has 4 nitrogen and oxygen atoms in total. The molecule has 0 aliphatic carbocycles. The van der Waals surface area contributed by atoms with Crippen LogP contribution in [0.25, 0.3) is 0 Å². The van der Waals surface area contributed by atoms with Gasteiger partial charge < -0.3 is 9.73 Å². The molecule has 23 heavy (non-hydrogen) atoms. The second kappa shape index (κ2) is 6.99. The summed E-state index contributed by atoms with van der Waals surface area (Å²) in [5.74, 6) is 1.66. The first-order valence-corrected chi connectivity index (χ1v) is 8.09. The van der Waals surface area contributed by atoms with Gasteiger partial charge in [-0.15, -0.1) is 0 Å². The van der Waals surface area contributed by atoms with Crippen LogP contribution < -0.4 is 5.32 Å². The normalized spacial score (nSPS) is 11.5. The van der Waals surface area contributed by atoms with E-state index in [-0.39, 0.29) is 11.3 Å². The number of hydrogen-bond donors (Lipinski definition) is 1. The summed E-state index contributed by atoms with van der Waals surface area (Å²) in [5.41, 5.74) is 2.66. The molecule has 2 rings (SSSR count). The predicted molar refractivity (Wildman–Crippen MR) is 91.8 cm³/mol. The van der Waals surface area contributed by atoms with Crippen molar-refractivity contribution in [1.82, 2.24) is 10.3 Å². The van der Waals surface area contributed by atoms with Gasteiger partial charge in [-0.3, -0.25) is 4.79 Å². The number of aromatic nitrogens is 1. The van der Waals surface area contributed by atoms with E-state index in [0.717, 1.165) is 35.7 Å². The molecule has 0 aliphatic rings. The molecule has 0 unspecified atom stereocenters. The summed E-state index contributed by atoms with van der Waals surface area (Å²) in [4.78, 5) is 16.6. The zero-order valence-corrected chi connectivity index (χ0v) is 14.7. The van der Waals surface area contributed by atoms with Crippen molar-refractivity contribution < 1.29 is 9.21 Å². The third kappa shape index (κ3) is 4.68. The molecule has 0 spiro atoms. The van der Waals surface area contributed by atoms with Gasteiger partial charge in [-0.25, -0.2) is 4.98 Å². The Labute approximate surface area is 138 Å². The topological polar surface area (TPSA) is 55.1 Å². The first-order chi connectivity index (χ1) is 10.8. The Balaban J connectivity index is 1.84. The van der Waals surface area contributed by atoms with Gasteiger partial charge in [0.25, 0.3) is 5.91 Å². The molecular formula is C19H26N2O2. The molecule has 1 heterocycles. The highest BCUT2D eigenvalue weighted by Gasteiger charge is 2.22. The first kappa shape index (κ1) is 17.3. The number of carbonyl (C=O) groups is 1. The van der Waals surface area contributed by atoms with Gasteiger partial charge in [-0.2, -0.15) is 0 Å². The van der Waals surface area contributed by atoms with Crippen LogP contribution in [0.4, 0.5) is 0 Å². The molecule has 0 radical (unpaired) electrons. The number of hydrogen-bond acceptors (Lipinski definition) is 3. The Kier molecular flexibility index (Phi) is 5.24. The predicted octanol–water partition coefficient (Wildman–Crippen LogP) is 3.95. The fraction of sp³-hybridized carbons (Fsp3) is 0.474. The van der Waals surface area contributed by atoms with Crippen molar-refractivity contribution in [2.75, 3.05) is 6.54 Å². The number of oxazole rings is 1. The number of nitrogens with one attached hydrogen (secondary N) is 1. The molecule has 0 bridgehead atoms. The van der Waals surface area contributed by atoms with Crippen LogP contribution in [0.5, 0.6) is 0 Å². The van der Waals surface area contributed by atoms with Crippen LogP contribution in [-0.4, -0.2) is 17.4 Å². The Morgan fingerprint density at radius 3 is 2.61 bits per heavy atom. The first-order valence-electron chi connectivity index (χ1n) is 8.09. The number of rotatable bonds is 5. The number of aryl methyl sites for hydroxylation is 3. The van der Waals surface area contributed by atoms with E-state index < -0.39 is 0 Å². The van der Waals surface area contributed by atoms with Crippen LogP contribution in [0.2, 0.25) is 0 Å². The zero-order chi connectivity index (χ0) is 17.0. The van der Waals surface area contributed by atoms with Crippen LogP contribution >= 0.6 is 0 Å². The largest absolute Gasteiger partial charge is 0.445 e. The van der Waals surface area contributed by atoms with Crippen molar-refractivity contribution in [3.8, 4) is 0 Å². The minimum atomic E-state index is -0.0810. The Morgan fingerprint density at radius 1 is 1.26 bits per heavy atom. The molecule has 2 aromatic rings. The fourth-order valence-electron chi connectivity index (χ4n) is 2.32. The van der Waals surface area contributed by atoms with E-state index in [1.165, 1.54) is 0 Å². The van der Waals surface area contributed by atoms with E-state index >= 15 is 0 Å². The molecule has 1 amide bonds. The molecule has 1 N–H and O–H groups in total. The molecule has 0 aliphatic heterocycles. The van der Waals surface area contributed by atoms with Crippen LogP contribution in [0.15, 0.2) is 28.7 Å². The summed E-state index contributed by atoms with van der Waals surface area (Å²) in [5, 5.41) is 2.95. The van der Waals surface area contributed by atoms with Gasteiger partial charge in [-0.1, -0.05) is 38.5 Å². The monoisotopic (exact) mass is 314 g/mol. The van der Waals surface area contributed by atoms with Crippen LogP contribution in [0.1, 0.15) is 60.5 Å². The molecule has 1 aromatic carbocycles. The lowest BCUT2D eigenvalue weighted by Crippen LogP contribution is -2.24. The molecular weight excluding hydrogens is 288 g/mol. The summed E-state index contributed by atoms with van der Waals surface area (Å²) in [6.45, 7) is 10.8. The van der Waals surface area contributed by atoms with Gasteiger partial charge in [0.2, 0.25) is 0 Å². The Bertz CT molecular complexity index is 681. The van der Waals surface area contributed by atoms with Gasteiger partial charge in [-0.05, 0) is 32.4 Å². The highest BCUT2D eigenvalue weighted by Crippen LogP contribution is 2.24. The Hall–Kier alpha value is -2.10. The highest BCUT2D eigenvalue weighted by molar-refractivity contribution is 5.94. The summed E-state index contributed by atoms with van der Waals surface area (Å²) in [7, 11) is 0. The van der Waals surface area contributed by atoms with Gasteiger partial charge in [0.15, 0.2) is 5.89 Å². The molecule has 1 aromatic heterocycles. The Morgan fingerprint density at radius 2 is 2.00 bits per heavy atom. The lowest BCUT2D eigenvalue weighted by Gasteiger charge is -2.12. The summed E-state index contributed by atoms with van der Waals surface area (Å²) in [6, 6.07) is 7.61. The lowest BCUT2D eigenvalue weighted by molar-refractivity contribution is 0.0953. The summed E-state index contributed by atoms with van der Waals surface area (Å²) >= 11 is 0. The number of carbonyl (C=O) groups excluding carboxylic acids is 1. The maximum absolute atomic E-state index is 12.1. The minimum Gasteiger partial charge on any atom is -0.445 e. The van der Waals surface area contributed by atoms with Gasteiger partial charge in [0.1, 0.15) is 5.76 Å². The smallest absolute Gasteiger partial charge is 0.251 e. The van der Waals surface area contributed by atoms with Gasteiger partial charge in [0.05, 0.1) is 5.69 Å². The van der Waals surface area contributed by atoms with Crippen molar-refractivity contribution in [2.45, 2.75) is 52.9 Å².